The Morgan fingerprint density at radius 1 is 1.29 bits per heavy atom. The second kappa shape index (κ2) is 8.30. The van der Waals surface area contributed by atoms with Crippen molar-refractivity contribution in [3.05, 3.63) is 70.6 Å². The number of benzene rings is 1. The van der Waals surface area contributed by atoms with Gasteiger partial charge in [0.05, 0.1) is 24.4 Å². The molecule has 0 saturated heterocycles. The van der Waals surface area contributed by atoms with Crippen LogP contribution in [0.15, 0.2) is 46.4 Å². The zero-order chi connectivity index (χ0) is 20.3. The van der Waals surface area contributed by atoms with Gasteiger partial charge in [0.1, 0.15) is 0 Å². The van der Waals surface area contributed by atoms with Gasteiger partial charge in [-0.2, -0.15) is 0 Å². The van der Waals surface area contributed by atoms with Crippen LogP contribution in [-0.4, -0.2) is 28.7 Å². The van der Waals surface area contributed by atoms with E-state index in [0.717, 1.165) is 12.1 Å². The van der Waals surface area contributed by atoms with Crippen molar-refractivity contribution in [3.63, 3.8) is 0 Å². The van der Waals surface area contributed by atoms with Gasteiger partial charge >= 0.3 is 0 Å². The van der Waals surface area contributed by atoms with Crippen LogP contribution in [0.3, 0.4) is 0 Å². The van der Waals surface area contributed by atoms with Gasteiger partial charge in [-0.15, -0.1) is 11.3 Å². The maximum atomic E-state index is 13.4. The van der Waals surface area contributed by atoms with Gasteiger partial charge in [0.2, 0.25) is 5.91 Å². The van der Waals surface area contributed by atoms with Gasteiger partial charge in [-0.25, -0.2) is 13.8 Å². The number of aromatic nitrogens is 1. The van der Waals surface area contributed by atoms with Crippen LogP contribution in [0.2, 0.25) is 0 Å². The number of halogens is 2. The lowest BCUT2D eigenvalue weighted by molar-refractivity contribution is -0.131. The number of nitrogens with zero attached hydrogens (tertiary/aromatic N) is 2. The molecule has 2 heterocycles. The molecule has 0 fully saturated rings. The Kier molecular flexibility index (Phi) is 5.84. The second-order valence-corrected chi connectivity index (χ2v) is 6.96. The predicted octanol–water partition coefficient (Wildman–Crippen LogP) is 4.03. The van der Waals surface area contributed by atoms with Crippen LogP contribution >= 0.6 is 11.3 Å². The van der Waals surface area contributed by atoms with E-state index in [9.17, 15) is 18.4 Å². The molecule has 6 nitrogen and oxygen atoms in total. The van der Waals surface area contributed by atoms with Gasteiger partial charge in [0.25, 0.3) is 5.91 Å². The van der Waals surface area contributed by atoms with Crippen molar-refractivity contribution >= 4 is 28.3 Å². The number of carbonyl (C=O) groups is 2. The number of hydrogen-bond acceptors (Lipinski definition) is 5. The number of thiazole rings is 1. The molecule has 3 rings (SSSR count). The number of rotatable bonds is 6. The first-order valence-electron chi connectivity index (χ1n) is 8.35. The van der Waals surface area contributed by atoms with Gasteiger partial charge in [-0.1, -0.05) is 6.07 Å². The summed E-state index contributed by atoms with van der Waals surface area (Å²) in [4.78, 5) is 30.1. The lowest BCUT2D eigenvalue weighted by Gasteiger charge is -2.25. The lowest BCUT2D eigenvalue weighted by Crippen LogP contribution is -2.31. The molecule has 3 aromatic rings. The smallest absolute Gasteiger partial charge is 0.293 e. The molecule has 0 bridgehead atoms. The molecule has 2 amide bonds. The molecule has 0 aliphatic rings. The Morgan fingerprint density at radius 2 is 2.07 bits per heavy atom. The van der Waals surface area contributed by atoms with E-state index in [4.69, 9.17) is 4.42 Å². The van der Waals surface area contributed by atoms with E-state index in [2.05, 4.69) is 10.3 Å². The zero-order valence-electron chi connectivity index (χ0n) is 15.1. The fourth-order valence-corrected chi connectivity index (χ4v) is 3.21. The van der Waals surface area contributed by atoms with Gasteiger partial charge in [-0.05, 0) is 36.8 Å². The molecule has 146 valence electrons. The van der Waals surface area contributed by atoms with Crippen molar-refractivity contribution in [1.29, 1.82) is 0 Å². The fraction of sp³-hybridized carbons (Fsp3) is 0.211. The highest BCUT2D eigenvalue weighted by molar-refractivity contribution is 7.14. The summed E-state index contributed by atoms with van der Waals surface area (Å²) in [6.45, 7) is 1.72. The maximum Gasteiger partial charge on any atom is 0.293 e. The summed E-state index contributed by atoms with van der Waals surface area (Å²) >= 11 is 1.19. The van der Waals surface area contributed by atoms with E-state index in [1.165, 1.54) is 34.6 Å². The number of anilines is 1. The Hall–Kier alpha value is -3.07. The summed E-state index contributed by atoms with van der Waals surface area (Å²) in [5, 5.41) is 4.62. The molecular formula is C19H17F2N3O3S. The van der Waals surface area contributed by atoms with Crippen molar-refractivity contribution in [2.24, 2.45) is 0 Å². The zero-order valence-corrected chi connectivity index (χ0v) is 15.9. The van der Waals surface area contributed by atoms with Crippen LogP contribution in [-0.2, 0) is 11.2 Å². The van der Waals surface area contributed by atoms with Crippen molar-refractivity contribution < 1.29 is 22.8 Å². The van der Waals surface area contributed by atoms with Crippen molar-refractivity contribution in [1.82, 2.24) is 9.88 Å². The minimum atomic E-state index is -0.957. The molecular weight excluding hydrogens is 388 g/mol. The van der Waals surface area contributed by atoms with E-state index in [-0.39, 0.29) is 18.1 Å². The number of amides is 2. The average molecular weight is 405 g/mol. The van der Waals surface area contributed by atoms with Crippen molar-refractivity contribution in [3.8, 4) is 0 Å². The van der Waals surface area contributed by atoms with Gasteiger partial charge < -0.3 is 9.32 Å². The van der Waals surface area contributed by atoms with E-state index in [1.54, 1.807) is 25.4 Å². The third-order valence-corrected chi connectivity index (χ3v) is 5.06. The van der Waals surface area contributed by atoms with E-state index in [1.807, 2.05) is 0 Å². The van der Waals surface area contributed by atoms with Crippen LogP contribution in [0.25, 0.3) is 0 Å². The Balaban J connectivity index is 1.61. The van der Waals surface area contributed by atoms with Gasteiger partial charge in [0.15, 0.2) is 22.5 Å². The second-order valence-electron chi connectivity index (χ2n) is 6.11. The van der Waals surface area contributed by atoms with E-state index < -0.39 is 23.6 Å². The Labute approximate surface area is 163 Å². The summed E-state index contributed by atoms with van der Waals surface area (Å²) in [5.74, 6) is -2.40. The summed E-state index contributed by atoms with van der Waals surface area (Å²) in [6, 6.07) is 6.24. The summed E-state index contributed by atoms with van der Waals surface area (Å²) in [5.41, 5.74) is 0.980. The number of carbonyl (C=O) groups excluding carboxylic acids is 2. The summed E-state index contributed by atoms with van der Waals surface area (Å²) in [6.07, 6.45) is 1.41. The molecule has 0 saturated carbocycles. The summed E-state index contributed by atoms with van der Waals surface area (Å²) in [7, 11) is 1.58. The number of furan rings is 1. The third-order valence-electron chi connectivity index (χ3n) is 4.25. The minimum absolute atomic E-state index is 0.0115. The van der Waals surface area contributed by atoms with E-state index in [0.29, 0.717) is 16.4 Å². The molecule has 1 aromatic carbocycles. The first-order chi connectivity index (χ1) is 13.3. The lowest BCUT2D eigenvalue weighted by atomic mass is 10.1. The largest absolute Gasteiger partial charge is 0.459 e. The molecule has 9 heteroatoms. The number of hydrogen-bond donors (Lipinski definition) is 1. The normalized spacial score (nSPS) is 11.9. The molecule has 0 aliphatic carbocycles. The van der Waals surface area contributed by atoms with Crippen LogP contribution in [0.5, 0.6) is 0 Å². The Morgan fingerprint density at radius 3 is 2.75 bits per heavy atom. The van der Waals surface area contributed by atoms with Crippen molar-refractivity contribution in [2.75, 3.05) is 12.4 Å². The molecule has 0 aliphatic heterocycles. The van der Waals surface area contributed by atoms with Crippen LogP contribution in [0, 0.1) is 11.6 Å². The first-order valence-corrected chi connectivity index (χ1v) is 9.23. The van der Waals surface area contributed by atoms with Crippen molar-refractivity contribution in [2.45, 2.75) is 19.4 Å². The Bertz CT molecular complexity index is 988. The van der Waals surface area contributed by atoms with Gasteiger partial charge in [0, 0.05) is 12.4 Å². The number of likely N-dealkylation sites (N-methyl/N-ethyl adjacent to an activating group) is 1. The SMILES string of the molecule is CC(c1ccc(F)c(F)c1)N(C)C(=O)Cc1csc(NC(=O)c2ccco2)n1. The average Bonchev–Trinajstić information content (AvgIpc) is 3.35. The minimum Gasteiger partial charge on any atom is -0.459 e. The highest BCUT2D eigenvalue weighted by Gasteiger charge is 2.20. The molecule has 1 unspecified atom stereocenters. The van der Waals surface area contributed by atoms with Crippen LogP contribution < -0.4 is 5.32 Å². The molecule has 28 heavy (non-hydrogen) atoms. The molecule has 0 spiro atoms. The van der Waals surface area contributed by atoms with Crippen LogP contribution in [0.4, 0.5) is 13.9 Å². The highest BCUT2D eigenvalue weighted by atomic mass is 32.1. The topological polar surface area (TPSA) is 75.4 Å². The fourth-order valence-electron chi connectivity index (χ4n) is 2.50. The molecule has 1 N–H and O–H groups in total. The van der Waals surface area contributed by atoms with E-state index >= 15 is 0 Å². The molecule has 1 atom stereocenters. The predicted molar refractivity (Wildman–Crippen MR) is 100 cm³/mol. The maximum absolute atomic E-state index is 13.4. The van der Waals surface area contributed by atoms with Crippen LogP contribution in [0.1, 0.15) is 34.8 Å². The third kappa shape index (κ3) is 4.42. The summed E-state index contributed by atoms with van der Waals surface area (Å²) < 4.78 is 31.5. The van der Waals surface area contributed by atoms with Gasteiger partial charge in [-0.3, -0.25) is 14.9 Å². The molecule has 0 radical (unpaired) electrons. The standard InChI is InChI=1S/C19H17F2N3O3S/c1-11(12-5-6-14(20)15(21)8-12)24(2)17(25)9-13-10-28-19(22-13)23-18(26)16-4-3-7-27-16/h3-8,10-11H,9H2,1-2H3,(H,22,23,26). The molecule has 2 aromatic heterocycles. The first kappa shape index (κ1) is 19.7. The number of nitrogens with one attached hydrogen (secondary N) is 1. The monoisotopic (exact) mass is 405 g/mol. The quantitative estimate of drug-likeness (QED) is 0.672. The highest BCUT2D eigenvalue weighted by Crippen LogP contribution is 2.23.